The SMILES string of the molecule is COCCn1ccnc1C1CCCN(C(=O)CN2C(=O)NC(C)(C)C2=O)C1. The number of amides is 4. The van der Waals surface area contributed by atoms with E-state index in [-0.39, 0.29) is 24.3 Å². The van der Waals surface area contributed by atoms with Crippen molar-refractivity contribution in [1.82, 2.24) is 24.7 Å². The first-order valence-electron chi connectivity index (χ1n) is 9.25. The Balaban J connectivity index is 1.64. The molecule has 148 valence electrons. The third-order valence-electron chi connectivity index (χ3n) is 5.16. The van der Waals surface area contributed by atoms with Crippen LogP contribution < -0.4 is 5.32 Å². The van der Waals surface area contributed by atoms with E-state index >= 15 is 0 Å². The van der Waals surface area contributed by atoms with Gasteiger partial charge in [-0.15, -0.1) is 0 Å². The van der Waals surface area contributed by atoms with Crippen LogP contribution in [0.15, 0.2) is 12.4 Å². The van der Waals surface area contributed by atoms with Crippen molar-refractivity contribution in [3.63, 3.8) is 0 Å². The second-order valence-electron chi connectivity index (χ2n) is 7.60. The average molecular weight is 377 g/mol. The van der Waals surface area contributed by atoms with E-state index in [4.69, 9.17) is 4.74 Å². The highest BCUT2D eigenvalue weighted by molar-refractivity contribution is 6.08. The summed E-state index contributed by atoms with van der Waals surface area (Å²) in [5, 5.41) is 2.60. The van der Waals surface area contributed by atoms with E-state index in [0.29, 0.717) is 26.2 Å². The molecule has 9 heteroatoms. The summed E-state index contributed by atoms with van der Waals surface area (Å²) in [4.78, 5) is 44.3. The van der Waals surface area contributed by atoms with Crippen LogP contribution in [-0.4, -0.2) is 76.1 Å². The molecule has 0 bridgehead atoms. The first-order valence-corrected chi connectivity index (χ1v) is 9.25. The summed E-state index contributed by atoms with van der Waals surface area (Å²) in [6.45, 7) is 5.52. The lowest BCUT2D eigenvalue weighted by atomic mass is 9.97. The summed E-state index contributed by atoms with van der Waals surface area (Å²) in [6, 6.07) is -0.512. The van der Waals surface area contributed by atoms with Crippen molar-refractivity contribution in [3.05, 3.63) is 18.2 Å². The number of aromatic nitrogens is 2. The quantitative estimate of drug-likeness (QED) is 0.731. The number of carbonyl (C=O) groups is 3. The molecular weight excluding hydrogens is 350 g/mol. The normalized spacial score (nSPS) is 22.3. The predicted octanol–water partition coefficient (Wildman–Crippen LogP) is 0.566. The minimum Gasteiger partial charge on any atom is -0.383 e. The second-order valence-corrected chi connectivity index (χ2v) is 7.60. The molecule has 0 spiro atoms. The molecule has 9 nitrogen and oxygen atoms in total. The van der Waals surface area contributed by atoms with Crippen LogP contribution in [0.5, 0.6) is 0 Å². The molecule has 0 radical (unpaired) electrons. The standard InChI is InChI=1S/C18H27N5O4/c1-18(2)16(25)23(17(26)20-18)12-14(24)22-7-4-5-13(11-22)15-19-6-8-21(15)9-10-27-3/h6,8,13H,4-5,7,9-12H2,1-3H3,(H,20,26). The maximum absolute atomic E-state index is 12.7. The Kier molecular flexibility index (Phi) is 5.50. The first-order chi connectivity index (χ1) is 12.8. The van der Waals surface area contributed by atoms with Crippen LogP contribution in [0.25, 0.3) is 0 Å². The Bertz CT molecular complexity index is 729. The summed E-state index contributed by atoms with van der Waals surface area (Å²) >= 11 is 0. The number of nitrogens with one attached hydrogen (secondary N) is 1. The maximum Gasteiger partial charge on any atom is 0.325 e. The van der Waals surface area contributed by atoms with Crippen LogP contribution in [0, 0.1) is 0 Å². The van der Waals surface area contributed by atoms with Gasteiger partial charge in [0, 0.05) is 45.1 Å². The summed E-state index contributed by atoms with van der Waals surface area (Å²) in [7, 11) is 1.66. The Morgan fingerprint density at radius 2 is 2.19 bits per heavy atom. The van der Waals surface area contributed by atoms with Crippen molar-refractivity contribution in [2.24, 2.45) is 0 Å². The Morgan fingerprint density at radius 1 is 1.41 bits per heavy atom. The number of carbonyl (C=O) groups excluding carboxylic acids is 3. The van der Waals surface area contributed by atoms with Gasteiger partial charge in [0.1, 0.15) is 17.9 Å². The van der Waals surface area contributed by atoms with Crippen molar-refractivity contribution in [1.29, 1.82) is 0 Å². The van der Waals surface area contributed by atoms with Crippen LogP contribution in [0.2, 0.25) is 0 Å². The molecule has 27 heavy (non-hydrogen) atoms. The van der Waals surface area contributed by atoms with Gasteiger partial charge in [-0.25, -0.2) is 9.78 Å². The van der Waals surface area contributed by atoms with E-state index in [1.165, 1.54) is 0 Å². The van der Waals surface area contributed by atoms with Gasteiger partial charge >= 0.3 is 6.03 Å². The molecule has 1 atom stereocenters. The average Bonchev–Trinajstić information content (AvgIpc) is 3.18. The fraction of sp³-hybridized carbons (Fsp3) is 0.667. The first kappa shape index (κ1) is 19.3. The van der Waals surface area contributed by atoms with E-state index in [2.05, 4.69) is 14.9 Å². The van der Waals surface area contributed by atoms with E-state index in [1.807, 2.05) is 6.20 Å². The lowest BCUT2D eigenvalue weighted by Crippen LogP contribution is -2.47. The molecule has 2 saturated heterocycles. The molecule has 0 aliphatic carbocycles. The van der Waals surface area contributed by atoms with Gasteiger partial charge in [0.05, 0.1) is 6.61 Å². The minimum atomic E-state index is -0.964. The molecule has 2 aliphatic heterocycles. The van der Waals surface area contributed by atoms with Gasteiger partial charge < -0.3 is 19.5 Å². The fourth-order valence-electron chi connectivity index (χ4n) is 3.67. The zero-order valence-electron chi connectivity index (χ0n) is 16.1. The van der Waals surface area contributed by atoms with Gasteiger partial charge in [-0.3, -0.25) is 14.5 Å². The highest BCUT2D eigenvalue weighted by Gasteiger charge is 2.45. The lowest BCUT2D eigenvalue weighted by molar-refractivity contribution is -0.139. The van der Waals surface area contributed by atoms with E-state index in [9.17, 15) is 14.4 Å². The van der Waals surface area contributed by atoms with Crippen LogP contribution in [0.3, 0.4) is 0 Å². The van der Waals surface area contributed by atoms with Crippen LogP contribution in [0.1, 0.15) is 38.4 Å². The number of methoxy groups -OCH3 is 1. The number of ether oxygens (including phenoxy) is 1. The van der Waals surface area contributed by atoms with Crippen LogP contribution in [-0.2, 0) is 20.9 Å². The second kappa shape index (κ2) is 7.67. The molecule has 3 rings (SSSR count). The summed E-state index contributed by atoms with van der Waals surface area (Å²) in [5.74, 6) is 0.496. The molecular formula is C18H27N5O4. The van der Waals surface area contributed by atoms with Gasteiger partial charge in [-0.2, -0.15) is 0 Å². The van der Waals surface area contributed by atoms with Crippen molar-refractivity contribution >= 4 is 17.8 Å². The van der Waals surface area contributed by atoms with Crippen molar-refractivity contribution in [3.8, 4) is 0 Å². The highest BCUT2D eigenvalue weighted by atomic mass is 16.5. The van der Waals surface area contributed by atoms with Crippen molar-refractivity contribution < 1.29 is 19.1 Å². The molecule has 2 aliphatic rings. The molecule has 1 unspecified atom stereocenters. The van der Waals surface area contributed by atoms with Gasteiger partial charge in [0.25, 0.3) is 5.91 Å². The smallest absolute Gasteiger partial charge is 0.325 e. The number of likely N-dealkylation sites (tertiary alicyclic amines) is 1. The topological polar surface area (TPSA) is 96.8 Å². The molecule has 1 aromatic heterocycles. The van der Waals surface area contributed by atoms with E-state index in [0.717, 1.165) is 23.6 Å². The maximum atomic E-state index is 12.7. The monoisotopic (exact) mass is 377 g/mol. The van der Waals surface area contributed by atoms with Gasteiger partial charge in [-0.05, 0) is 26.7 Å². The molecule has 2 fully saturated rings. The van der Waals surface area contributed by atoms with Crippen molar-refractivity contribution in [2.75, 3.05) is 33.4 Å². The predicted molar refractivity (Wildman–Crippen MR) is 97.0 cm³/mol. The third kappa shape index (κ3) is 3.97. The lowest BCUT2D eigenvalue weighted by Gasteiger charge is -2.33. The zero-order chi connectivity index (χ0) is 19.6. The van der Waals surface area contributed by atoms with Gasteiger partial charge in [0.2, 0.25) is 5.91 Å². The third-order valence-corrected chi connectivity index (χ3v) is 5.16. The van der Waals surface area contributed by atoms with Gasteiger partial charge in [-0.1, -0.05) is 0 Å². The number of urea groups is 1. The molecule has 3 heterocycles. The van der Waals surface area contributed by atoms with Crippen LogP contribution in [0.4, 0.5) is 4.79 Å². The van der Waals surface area contributed by atoms with Crippen molar-refractivity contribution in [2.45, 2.75) is 44.7 Å². The highest BCUT2D eigenvalue weighted by Crippen LogP contribution is 2.26. The minimum absolute atomic E-state index is 0.133. The zero-order valence-corrected chi connectivity index (χ0v) is 16.1. The molecule has 0 saturated carbocycles. The molecule has 1 aromatic rings. The van der Waals surface area contributed by atoms with E-state index < -0.39 is 11.6 Å². The Hall–Kier alpha value is -2.42. The number of piperidine rings is 1. The number of nitrogens with zero attached hydrogens (tertiary/aromatic N) is 4. The number of rotatable bonds is 6. The summed E-state index contributed by atoms with van der Waals surface area (Å²) in [5.41, 5.74) is -0.964. The van der Waals surface area contributed by atoms with Gasteiger partial charge in [0.15, 0.2) is 0 Å². The number of hydrogen-bond acceptors (Lipinski definition) is 5. The Morgan fingerprint density at radius 3 is 2.85 bits per heavy atom. The number of imide groups is 1. The molecule has 1 N–H and O–H groups in total. The largest absolute Gasteiger partial charge is 0.383 e. The fourth-order valence-corrected chi connectivity index (χ4v) is 3.67. The number of hydrogen-bond donors (Lipinski definition) is 1. The number of imidazole rings is 1. The summed E-state index contributed by atoms with van der Waals surface area (Å²) in [6.07, 6.45) is 5.49. The van der Waals surface area contributed by atoms with E-state index in [1.54, 1.807) is 32.1 Å². The summed E-state index contributed by atoms with van der Waals surface area (Å²) < 4.78 is 7.20. The Labute approximate surface area is 158 Å². The van der Waals surface area contributed by atoms with Crippen LogP contribution >= 0.6 is 0 Å². The molecule has 0 aromatic carbocycles. The molecule has 4 amide bonds.